The van der Waals surface area contributed by atoms with Crippen LogP contribution in [-0.2, 0) is 13.1 Å². The van der Waals surface area contributed by atoms with Crippen molar-refractivity contribution in [2.75, 3.05) is 0 Å². The Morgan fingerprint density at radius 3 is 2.11 bits per heavy atom. The number of nitro benzene ring substituents is 1. The zero-order valence-electron chi connectivity index (χ0n) is 21.4. The lowest BCUT2D eigenvalue weighted by molar-refractivity contribution is -0.384. The second-order valence-electron chi connectivity index (χ2n) is 9.17. The van der Waals surface area contributed by atoms with Gasteiger partial charge in [0.1, 0.15) is 10.8 Å². The molecule has 0 amide bonds. The Balaban J connectivity index is 1.82. The molecule has 0 fully saturated rings. The summed E-state index contributed by atoms with van der Waals surface area (Å²) in [5.74, 6) is 0.200. The molecular weight excluding hydrogens is 518 g/mol. The molecule has 0 radical (unpaired) electrons. The number of nitro groups is 1. The van der Waals surface area contributed by atoms with E-state index in [1.165, 1.54) is 35.0 Å². The summed E-state index contributed by atoms with van der Waals surface area (Å²) in [6.45, 7) is 7.24. The van der Waals surface area contributed by atoms with Crippen molar-refractivity contribution in [3.8, 4) is 5.75 Å². The van der Waals surface area contributed by atoms with Gasteiger partial charge in [-0.2, -0.15) is 0 Å². The van der Waals surface area contributed by atoms with Crippen molar-refractivity contribution < 1.29 is 10.0 Å². The zero-order valence-corrected chi connectivity index (χ0v) is 23.0. The summed E-state index contributed by atoms with van der Waals surface area (Å²) in [6.07, 6.45) is 0. The number of hydrogen-bond acceptors (Lipinski definition) is 5. The molecule has 0 spiro atoms. The number of phenols is 1. The molecule has 4 aromatic carbocycles. The van der Waals surface area contributed by atoms with Crippen molar-refractivity contribution in [3.05, 3.63) is 128 Å². The molecule has 0 bridgehead atoms. The van der Waals surface area contributed by atoms with Gasteiger partial charge in [0.15, 0.2) is 5.17 Å². The minimum atomic E-state index is -0.501. The molecule has 38 heavy (non-hydrogen) atoms. The monoisotopic (exact) mass is 545 g/mol. The Kier molecular flexibility index (Phi) is 8.71. The zero-order chi connectivity index (χ0) is 27.2. The first-order valence-corrected chi connectivity index (χ1v) is 13.2. The number of rotatable bonds is 7. The minimum absolute atomic E-state index is 0.0677. The lowest BCUT2D eigenvalue weighted by atomic mass is 10.1. The van der Waals surface area contributed by atoms with Gasteiger partial charge in [0.05, 0.1) is 10.6 Å². The highest BCUT2D eigenvalue weighted by molar-refractivity contribution is 8.13. The number of aliphatic imine (C=N–C) groups is 1. The lowest BCUT2D eigenvalue weighted by Crippen LogP contribution is -2.28. The van der Waals surface area contributed by atoms with Crippen LogP contribution in [-0.4, -0.2) is 20.1 Å². The maximum absolute atomic E-state index is 11.5. The largest absolute Gasteiger partial charge is 0.508 e. The maximum Gasteiger partial charge on any atom is 0.290 e. The fraction of sp³-hybridized carbons (Fsp3) is 0.167. The van der Waals surface area contributed by atoms with Gasteiger partial charge in [0.25, 0.3) is 5.69 Å². The first kappa shape index (κ1) is 27.2. The summed E-state index contributed by atoms with van der Waals surface area (Å²) in [5, 5.41) is 22.1. The predicted molar refractivity (Wildman–Crippen MR) is 156 cm³/mol. The molecular formula is C30H28ClN3O3S. The van der Waals surface area contributed by atoms with Gasteiger partial charge in [0, 0.05) is 24.1 Å². The van der Waals surface area contributed by atoms with Crippen molar-refractivity contribution in [1.82, 2.24) is 4.90 Å². The van der Waals surface area contributed by atoms with E-state index in [1.807, 2.05) is 19.1 Å². The summed E-state index contributed by atoms with van der Waals surface area (Å²) < 4.78 is 0. The standard InChI is InChI=1S/C30H28ClN3O3S/c1-20-4-7-23(8-5-20)18-33(19-24-9-12-26(35)13-10-24)30(38-29-15-6-21(2)16-22(29)3)32-25-11-14-27(31)28(17-25)34(36)37/h4-17,35H,18-19H2,1-3H3. The van der Waals surface area contributed by atoms with Crippen LogP contribution < -0.4 is 0 Å². The molecule has 8 heteroatoms. The Bertz CT molecular complexity index is 1420. The highest BCUT2D eigenvalue weighted by atomic mass is 35.5. The summed E-state index contributed by atoms with van der Waals surface area (Å²) in [4.78, 5) is 19.1. The van der Waals surface area contributed by atoms with Crippen molar-refractivity contribution in [1.29, 1.82) is 0 Å². The van der Waals surface area contributed by atoms with E-state index < -0.39 is 4.92 Å². The molecule has 0 saturated carbocycles. The van der Waals surface area contributed by atoms with Gasteiger partial charge in [-0.1, -0.05) is 83.0 Å². The second kappa shape index (κ2) is 12.2. The van der Waals surface area contributed by atoms with Crippen molar-refractivity contribution in [2.24, 2.45) is 4.99 Å². The number of phenolic OH excluding ortho intramolecular Hbond substituents is 1. The van der Waals surface area contributed by atoms with Gasteiger partial charge in [-0.25, -0.2) is 4.99 Å². The third-order valence-corrected chi connectivity index (χ3v) is 7.49. The Morgan fingerprint density at radius 1 is 0.895 bits per heavy atom. The van der Waals surface area contributed by atoms with Crippen LogP contribution in [0, 0.1) is 30.9 Å². The van der Waals surface area contributed by atoms with E-state index in [-0.39, 0.29) is 16.5 Å². The lowest BCUT2D eigenvalue weighted by Gasteiger charge is -2.27. The van der Waals surface area contributed by atoms with E-state index >= 15 is 0 Å². The van der Waals surface area contributed by atoms with Crippen molar-refractivity contribution in [3.63, 3.8) is 0 Å². The molecule has 1 N–H and O–H groups in total. The average molecular weight is 546 g/mol. The molecule has 0 saturated heterocycles. The quantitative estimate of drug-likeness (QED) is 0.0829. The summed E-state index contributed by atoms with van der Waals surface area (Å²) in [6, 6.07) is 26.2. The fourth-order valence-corrected chi connectivity index (χ4v) is 5.07. The van der Waals surface area contributed by atoms with Crippen LogP contribution in [0.25, 0.3) is 0 Å². The fourth-order valence-electron chi connectivity index (χ4n) is 3.92. The van der Waals surface area contributed by atoms with Crippen LogP contribution in [0.3, 0.4) is 0 Å². The SMILES string of the molecule is Cc1ccc(CN(Cc2ccc(O)cc2)C(=Nc2ccc(Cl)c([N+](=O)[O-])c2)Sc2ccc(C)cc2C)cc1. The van der Waals surface area contributed by atoms with Crippen molar-refractivity contribution in [2.45, 2.75) is 38.8 Å². The molecule has 0 aliphatic heterocycles. The maximum atomic E-state index is 11.5. The number of halogens is 1. The predicted octanol–water partition coefficient (Wildman–Crippen LogP) is 8.36. The van der Waals surface area contributed by atoms with Gasteiger partial charge in [-0.3, -0.25) is 10.1 Å². The molecule has 4 aromatic rings. The number of hydrogen-bond donors (Lipinski definition) is 1. The van der Waals surface area contributed by atoms with Crippen LogP contribution in [0.15, 0.2) is 94.8 Å². The smallest absolute Gasteiger partial charge is 0.290 e. The minimum Gasteiger partial charge on any atom is -0.508 e. The molecule has 0 aliphatic rings. The number of thioether (sulfide) groups is 1. The highest BCUT2D eigenvalue weighted by Gasteiger charge is 2.19. The molecule has 0 aliphatic carbocycles. The van der Waals surface area contributed by atoms with E-state index in [2.05, 4.69) is 61.2 Å². The Labute approximate surface area is 231 Å². The van der Waals surface area contributed by atoms with Crippen LogP contribution in [0.1, 0.15) is 27.8 Å². The van der Waals surface area contributed by atoms with Crippen molar-refractivity contribution >= 4 is 39.9 Å². The topological polar surface area (TPSA) is 79.0 Å². The van der Waals surface area contributed by atoms with E-state index in [4.69, 9.17) is 16.6 Å². The van der Waals surface area contributed by atoms with Crippen LogP contribution >= 0.6 is 23.4 Å². The Morgan fingerprint density at radius 2 is 1.50 bits per heavy atom. The van der Waals surface area contributed by atoms with Gasteiger partial charge in [-0.05, 0) is 67.8 Å². The first-order chi connectivity index (χ1) is 18.2. The third kappa shape index (κ3) is 7.15. The molecule has 0 unspecified atom stereocenters. The molecule has 0 atom stereocenters. The summed E-state index contributed by atoms with van der Waals surface area (Å²) in [5.41, 5.74) is 5.80. The number of amidine groups is 1. The average Bonchev–Trinajstić information content (AvgIpc) is 2.88. The van der Waals surface area contributed by atoms with Gasteiger partial charge >= 0.3 is 0 Å². The number of nitrogens with zero attached hydrogens (tertiary/aromatic N) is 3. The van der Waals surface area contributed by atoms with E-state index in [9.17, 15) is 15.2 Å². The van der Waals surface area contributed by atoms with Crippen LogP contribution in [0.5, 0.6) is 5.75 Å². The number of aryl methyl sites for hydroxylation is 3. The molecule has 0 heterocycles. The van der Waals surface area contributed by atoms with Gasteiger partial charge in [-0.15, -0.1) is 0 Å². The summed E-state index contributed by atoms with van der Waals surface area (Å²) >= 11 is 7.58. The van der Waals surface area contributed by atoms with Crippen LogP contribution in [0.4, 0.5) is 11.4 Å². The molecule has 6 nitrogen and oxygen atoms in total. The molecule has 0 aromatic heterocycles. The normalized spacial score (nSPS) is 11.4. The van der Waals surface area contributed by atoms with Crippen LogP contribution in [0.2, 0.25) is 5.02 Å². The molecule has 4 rings (SSSR count). The molecule has 194 valence electrons. The number of benzene rings is 4. The van der Waals surface area contributed by atoms with Gasteiger partial charge < -0.3 is 10.0 Å². The Hall–Kier alpha value is -3.81. The second-order valence-corrected chi connectivity index (χ2v) is 10.6. The first-order valence-electron chi connectivity index (χ1n) is 12.0. The van der Waals surface area contributed by atoms with E-state index in [0.29, 0.717) is 23.9 Å². The number of aromatic hydroxyl groups is 1. The van der Waals surface area contributed by atoms with E-state index in [1.54, 1.807) is 18.2 Å². The highest BCUT2D eigenvalue weighted by Crippen LogP contribution is 2.33. The van der Waals surface area contributed by atoms with Gasteiger partial charge in [0.2, 0.25) is 0 Å². The third-order valence-electron chi connectivity index (χ3n) is 5.96. The van der Waals surface area contributed by atoms with E-state index in [0.717, 1.165) is 21.6 Å². The summed E-state index contributed by atoms with van der Waals surface area (Å²) in [7, 11) is 0.